The van der Waals surface area contributed by atoms with Crippen molar-refractivity contribution in [3.63, 3.8) is 0 Å². The van der Waals surface area contributed by atoms with Gasteiger partial charge in [-0.25, -0.2) is 0 Å². The van der Waals surface area contributed by atoms with E-state index in [1.807, 2.05) is 6.92 Å². The summed E-state index contributed by atoms with van der Waals surface area (Å²) in [4.78, 5) is 10.5. The number of aliphatic carboxylic acids is 1. The third kappa shape index (κ3) is 3.21. The molecule has 1 N–H and O–H groups in total. The number of carboxylic acid groups (broad SMARTS) is 1. The summed E-state index contributed by atoms with van der Waals surface area (Å²) in [5.74, 6) is 0.317. The van der Waals surface area contributed by atoms with Gasteiger partial charge < -0.3 is 5.11 Å². The van der Waals surface area contributed by atoms with Crippen LogP contribution in [0, 0.1) is 11.8 Å². The van der Waals surface area contributed by atoms with Gasteiger partial charge in [0.05, 0.1) is 6.42 Å². The second-order valence-electron chi connectivity index (χ2n) is 4.16. The van der Waals surface area contributed by atoms with Gasteiger partial charge in [0, 0.05) is 0 Å². The second kappa shape index (κ2) is 4.45. The standard InChI is InChI=1S/C11H18O2/c1-8-3-5-10(6-4-8)9(2)7-11(12)13/h5,8-9H,3-4,6-7H2,1-2H3,(H,12,13). The van der Waals surface area contributed by atoms with E-state index >= 15 is 0 Å². The molecule has 0 bridgehead atoms. The van der Waals surface area contributed by atoms with Crippen molar-refractivity contribution in [3.8, 4) is 0 Å². The summed E-state index contributed by atoms with van der Waals surface area (Å²) in [5, 5.41) is 8.64. The highest BCUT2D eigenvalue weighted by Crippen LogP contribution is 2.29. The van der Waals surface area contributed by atoms with E-state index in [0.29, 0.717) is 0 Å². The van der Waals surface area contributed by atoms with Crippen LogP contribution in [0.3, 0.4) is 0 Å². The Morgan fingerprint density at radius 1 is 1.77 bits per heavy atom. The lowest BCUT2D eigenvalue weighted by Crippen LogP contribution is -2.11. The summed E-state index contributed by atoms with van der Waals surface area (Å²) >= 11 is 0. The van der Waals surface area contributed by atoms with Gasteiger partial charge in [-0.3, -0.25) is 4.79 Å². The average molecular weight is 182 g/mol. The van der Waals surface area contributed by atoms with Gasteiger partial charge in [-0.1, -0.05) is 25.5 Å². The van der Waals surface area contributed by atoms with Crippen LogP contribution in [-0.2, 0) is 4.79 Å². The fourth-order valence-electron chi connectivity index (χ4n) is 1.83. The van der Waals surface area contributed by atoms with E-state index in [1.54, 1.807) is 0 Å². The van der Waals surface area contributed by atoms with Crippen LogP contribution < -0.4 is 0 Å². The smallest absolute Gasteiger partial charge is 0.303 e. The van der Waals surface area contributed by atoms with Crippen LogP contribution in [0.2, 0.25) is 0 Å². The molecule has 2 atom stereocenters. The van der Waals surface area contributed by atoms with Crippen molar-refractivity contribution in [3.05, 3.63) is 11.6 Å². The summed E-state index contributed by atoms with van der Waals surface area (Å²) in [6.07, 6.45) is 5.95. The zero-order valence-corrected chi connectivity index (χ0v) is 8.42. The maximum absolute atomic E-state index is 10.5. The molecule has 0 aromatic heterocycles. The Morgan fingerprint density at radius 3 is 2.92 bits per heavy atom. The Balaban J connectivity index is 2.47. The molecule has 0 aliphatic heterocycles. The average Bonchev–Trinajstić information content (AvgIpc) is 2.04. The molecule has 0 spiro atoms. The minimum Gasteiger partial charge on any atom is -0.481 e. The van der Waals surface area contributed by atoms with Gasteiger partial charge in [0.1, 0.15) is 0 Å². The molecule has 1 rings (SSSR count). The summed E-state index contributed by atoms with van der Waals surface area (Å²) < 4.78 is 0. The maximum atomic E-state index is 10.5. The largest absolute Gasteiger partial charge is 0.481 e. The monoisotopic (exact) mass is 182 g/mol. The lowest BCUT2D eigenvalue weighted by molar-refractivity contribution is -0.137. The predicted octanol–water partition coefficient (Wildman–Crippen LogP) is 2.84. The fraction of sp³-hybridized carbons (Fsp3) is 0.727. The first-order chi connectivity index (χ1) is 6.09. The summed E-state index contributed by atoms with van der Waals surface area (Å²) in [6.45, 7) is 4.26. The van der Waals surface area contributed by atoms with E-state index in [-0.39, 0.29) is 12.3 Å². The molecule has 0 saturated carbocycles. The Hall–Kier alpha value is -0.790. The molecule has 0 fully saturated rings. The van der Waals surface area contributed by atoms with Crippen molar-refractivity contribution in [2.45, 2.75) is 39.5 Å². The van der Waals surface area contributed by atoms with Gasteiger partial charge in [-0.15, -0.1) is 0 Å². The molecule has 2 unspecified atom stereocenters. The number of hydrogen-bond donors (Lipinski definition) is 1. The molecule has 0 aromatic rings. The molecule has 1 aliphatic rings. The Labute approximate surface area is 79.6 Å². The van der Waals surface area contributed by atoms with E-state index in [9.17, 15) is 4.79 Å². The minimum atomic E-state index is -0.688. The predicted molar refractivity (Wildman–Crippen MR) is 52.5 cm³/mol. The summed E-state index contributed by atoms with van der Waals surface area (Å²) in [6, 6.07) is 0. The first kappa shape index (κ1) is 10.3. The van der Waals surface area contributed by atoms with Crippen molar-refractivity contribution < 1.29 is 9.90 Å². The van der Waals surface area contributed by atoms with E-state index < -0.39 is 5.97 Å². The molecule has 1 aliphatic carbocycles. The topological polar surface area (TPSA) is 37.3 Å². The second-order valence-corrected chi connectivity index (χ2v) is 4.16. The first-order valence-corrected chi connectivity index (χ1v) is 5.00. The lowest BCUT2D eigenvalue weighted by Gasteiger charge is -2.21. The van der Waals surface area contributed by atoms with Gasteiger partial charge in [-0.2, -0.15) is 0 Å². The van der Waals surface area contributed by atoms with Gasteiger partial charge in [0.15, 0.2) is 0 Å². The van der Waals surface area contributed by atoms with Gasteiger partial charge in [-0.05, 0) is 31.1 Å². The quantitative estimate of drug-likeness (QED) is 0.681. The number of hydrogen-bond acceptors (Lipinski definition) is 1. The molecule has 0 aromatic carbocycles. The zero-order valence-electron chi connectivity index (χ0n) is 8.42. The van der Waals surface area contributed by atoms with Crippen LogP contribution in [0.15, 0.2) is 11.6 Å². The van der Waals surface area contributed by atoms with Crippen molar-refractivity contribution in [2.24, 2.45) is 11.8 Å². The van der Waals surface area contributed by atoms with Crippen LogP contribution in [0.4, 0.5) is 0 Å². The molecule has 13 heavy (non-hydrogen) atoms. The molecule has 2 nitrogen and oxygen atoms in total. The zero-order chi connectivity index (χ0) is 9.84. The Kier molecular flexibility index (Phi) is 3.52. The SMILES string of the molecule is CC1CC=C(C(C)CC(=O)O)CC1. The van der Waals surface area contributed by atoms with Crippen LogP contribution in [-0.4, -0.2) is 11.1 Å². The van der Waals surface area contributed by atoms with Gasteiger partial charge >= 0.3 is 5.97 Å². The number of allylic oxidation sites excluding steroid dienone is 2. The van der Waals surface area contributed by atoms with E-state index in [0.717, 1.165) is 18.8 Å². The van der Waals surface area contributed by atoms with Crippen LogP contribution in [0.25, 0.3) is 0 Å². The first-order valence-electron chi connectivity index (χ1n) is 5.00. The molecular formula is C11H18O2. The highest BCUT2D eigenvalue weighted by Gasteiger charge is 2.16. The van der Waals surface area contributed by atoms with Crippen molar-refractivity contribution in [1.29, 1.82) is 0 Å². The summed E-state index contributed by atoms with van der Waals surface area (Å²) in [7, 11) is 0. The normalized spacial score (nSPS) is 25.1. The molecule has 2 heteroatoms. The molecule has 74 valence electrons. The van der Waals surface area contributed by atoms with Crippen molar-refractivity contribution >= 4 is 5.97 Å². The molecule has 0 heterocycles. The molecule has 0 radical (unpaired) electrons. The molecule has 0 saturated heterocycles. The fourth-order valence-corrected chi connectivity index (χ4v) is 1.83. The van der Waals surface area contributed by atoms with Crippen molar-refractivity contribution in [1.82, 2.24) is 0 Å². The van der Waals surface area contributed by atoms with Crippen LogP contribution >= 0.6 is 0 Å². The van der Waals surface area contributed by atoms with Crippen LogP contribution in [0.5, 0.6) is 0 Å². The van der Waals surface area contributed by atoms with Gasteiger partial charge in [0.25, 0.3) is 0 Å². The third-order valence-corrected chi connectivity index (χ3v) is 2.82. The van der Waals surface area contributed by atoms with Crippen molar-refractivity contribution in [2.75, 3.05) is 0 Å². The highest BCUT2D eigenvalue weighted by atomic mass is 16.4. The van der Waals surface area contributed by atoms with E-state index in [2.05, 4.69) is 13.0 Å². The van der Waals surface area contributed by atoms with Gasteiger partial charge in [0.2, 0.25) is 0 Å². The number of carboxylic acids is 1. The third-order valence-electron chi connectivity index (χ3n) is 2.82. The van der Waals surface area contributed by atoms with E-state index in [1.165, 1.54) is 12.0 Å². The maximum Gasteiger partial charge on any atom is 0.303 e. The molecular weight excluding hydrogens is 164 g/mol. The minimum absolute atomic E-state index is 0.227. The molecule has 0 amide bonds. The lowest BCUT2D eigenvalue weighted by atomic mass is 9.84. The highest BCUT2D eigenvalue weighted by molar-refractivity contribution is 5.67. The Bertz CT molecular complexity index is 218. The summed E-state index contributed by atoms with van der Waals surface area (Å²) in [5.41, 5.74) is 1.35. The van der Waals surface area contributed by atoms with E-state index in [4.69, 9.17) is 5.11 Å². The number of rotatable bonds is 3. The van der Waals surface area contributed by atoms with Crippen LogP contribution in [0.1, 0.15) is 39.5 Å². The Morgan fingerprint density at radius 2 is 2.46 bits per heavy atom. The number of carbonyl (C=O) groups is 1.